The fraction of sp³-hybridized carbons (Fsp3) is 0.188. The largest absolute Gasteiger partial charge is 0.378 e. The molecule has 1 unspecified atom stereocenters. The van der Waals surface area contributed by atoms with Crippen LogP contribution in [0.5, 0.6) is 0 Å². The average Bonchev–Trinajstić information content (AvgIpc) is 2.93. The molecule has 2 N–H and O–H groups in total. The number of H-pyrrole nitrogens is 1. The lowest BCUT2D eigenvalue weighted by molar-refractivity contribution is 0.749. The highest BCUT2D eigenvalue weighted by molar-refractivity contribution is 9.10. The molecule has 2 aromatic carbocycles. The molecule has 0 saturated carbocycles. The van der Waals surface area contributed by atoms with E-state index in [1.165, 1.54) is 5.56 Å². The molecule has 0 fully saturated rings. The third kappa shape index (κ3) is 2.70. The molecule has 0 aliphatic rings. The summed E-state index contributed by atoms with van der Waals surface area (Å²) in [4.78, 5) is 0. The van der Waals surface area contributed by atoms with Crippen molar-refractivity contribution in [2.75, 3.05) is 5.32 Å². The number of anilines is 1. The first kappa shape index (κ1) is 13.2. The van der Waals surface area contributed by atoms with Gasteiger partial charge in [0.05, 0.1) is 17.8 Å². The fourth-order valence-corrected chi connectivity index (χ4v) is 2.61. The van der Waals surface area contributed by atoms with Crippen LogP contribution in [0.3, 0.4) is 0 Å². The molecule has 20 heavy (non-hydrogen) atoms. The molecular formula is C16H16BrN3. The second-order valence-electron chi connectivity index (χ2n) is 4.83. The van der Waals surface area contributed by atoms with E-state index < -0.39 is 0 Å². The molecule has 1 aromatic heterocycles. The lowest BCUT2D eigenvalue weighted by Crippen LogP contribution is -2.09. The lowest BCUT2D eigenvalue weighted by Gasteiger charge is -2.19. The summed E-state index contributed by atoms with van der Waals surface area (Å²) >= 11 is 3.48. The van der Waals surface area contributed by atoms with Gasteiger partial charge in [0.25, 0.3) is 0 Å². The van der Waals surface area contributed by atoms with E-state index in [0.29, 0.717) is 6.04 Å². The van der Waals surface area contributed by atoms with E-state index in [2.05, 4.69) is 80.8 Å². The summed E-state index contributed by atoms with van der Waals surface area (Å²) in [5.74, 6) is 0. The molecule has 1 atom stereocenters. The van der Waals surface area contributed by atoms with Crippen LogP contribution in [0.4, 0.5) is 5.69 Å². The summed E-state index contributed by atoms with van der Waals surface area (Å²) in [6.07, 6.45) is 2.88. The number of aromatic nitrogens is 2. The van der Waals surface area contributed by atoms with Crippen molar-refractivity contribution < 1.29 is 0 Å². The first-order valence-electron chi connectivity index (χ1n) is 6.71. The molecule has 3 nitrogen and oxygen atoms in total. The number of benzene rings is 2. The zero-order valence-electron chi connectivity index (χ0n) is 11.2. The zero-order valence-corrected chi connectivity index (χ0v) is 12.8. The third-order valence-electron chi connectivity index (χ3n) is 3.46. The van der Waals surface area contributed by atoms with Crippen molar-refractivity contribution in [3.8, 4) is 0 Å². The Morgan fingerprint density at radius 3 is 2.75 bits per heavy atom. The van der Waals surface area contributed by atoms with Crippen LogP contribution in [-0.2, 0) is 0 Å². The van der Waals surface area contributed by atoms with Crippen molar-refractivity contribution in [3.63, 3.8) is 0 Å². The minimum absolute atomic E-state index is 0.312. The Labute approximate surface area is 126 Å². The van der Waals surface area contributed by atoms with Crippen LogP contribution >= 0.6 is 15.9 Å². The number of aromatic amines is 1. The predicted octanol–water partition coefficient (Wildman–Crippen LogP) is 4.89. The van der Waals surface area contributed by atoms with Crippen molar-refractivity contribution in [3.05, 3.63) is 58.7 Å². The maximum Gasteiger partial charge on any atom is 0.0651 e. The quantitative estimate of drug-likeness (QED) is 0.715. The molecule has 4 heteroatoms. The minimum atomic E-state index is 0.312. The molecule has 0 bridgehead atoms. The van der Waals surface area contributed by atoms with Gasteiger partial charge in [0.15, 0.2) is 0 Å². The second kappa shape index (κ2) is 5.67. The average molecular weight is 330 g/mol. The Balaban J connectivity index is 1.84. The number of nitrogens with zero attached hydrogens (tertiary/aromatic N) is 1. The fourth-order valence-electron chi connectivity index (χ4n) is 2.35. The van der Waals surface area contributed by atoms with Gasteiger partial charge in [0.1, 0.15) is 0 Å². The minimum Gasteiger partial charge on any atom is -0.378 e. The van der Waals surface area contributed by atoms with Crippen LogP contribution in [0, 0.1) is 0 Å². The van der Waals surface area contributed by atoms with Gasteiger partial charge >= 0.3 is 0 Å². The topological polar surface area (TPSA) is 40.7 Å². The summed E-state index contributed by atoms with van der Waals surface area (Å²) in [6.45, 7) is 2.19. The number of hydrogen-bond acceptors (Lipinski definition) is 2. The summed E-state index contributed by atoms with van der Waals surface area (Å²) in [7, 11) is 0. The molecule has 0 spiro atoms. The Kier molecular flexibility index (Phi) is 3.74. The molecular weight excluding hydrogens is 314 g/mol. The molecule has 102 valence electrons. The Morgan fingerprint density at radius 1 is 1.20 bits per heavy atom. The highest BCUT2D eigenvalue weighted by Gasteiger charge is 2.09. The van der Waals surface area contributed by atoms with E-state index in [4.69, 9.17) is 0 Å². The van der Waals surface area contributed by atoms with Crippen molar-refractivity contribution >= 4 is 32.5 Å². The van der Waals surface area contributed by atoms with Crippen LogP contribution in [0.1, 0.15) is 24.9 Å². The molecule has 0 saturated heterocycles. The molecule has 0 aliphatic heterocycles. The standard InChI is InChI=1S/C16H16BrN3/c1-2-15(11-3-5-13(17)6-4-11)19-14-7-8-16-12(9-14)10-18-20-16/h3-10,15,19H,2H2,1H3,(H,18,20). The lowest BCUT2D eigenvalue weighted by atomic mass is 10.0. The summed E-state index contributed by atoms with van der Waals surface area (Å²) in [5.41, 5.74) is 3.48. The van der Waals surface area contributed by atoms with Gasteiger partial charge in [-0.15, -0.1) is 0 Å². The van der Waals surface area contributed by atoms with Gasteiger partial charge in [-0.25, -0.2) is 0 Å². The predicted molar refractivity (Wildman–Crippen MR) is 86.9 cm³/mol. The number of hydrogen-bond donors (Lipinski definition) is 2. The molecule has 0 aliphatic carbocycles. The van der Waals surface area contributed by atoms with Crippen LogP contribution in [0.2, 0.25) is 0 Å². The van der Waals surface area contributed by atoms with Gasteiger partial charge in [-0.2, -0.15) is 5.10 Å². The molecule has 3 rings (SSSR count). The van der Waals surface area contributed by atoms with Crippen LogP contribution in [0.15, 0.2) is 53.1 Å². The van der Waals surface area contributed by atoms with Crippen molar-refractivity contribution in [1.82, 2.24) is 10.2 Å². The maximum atomic E-state index is 4.05. The van der Waals surface area contributed by atoms with E-state index in [-0.39, 0.29) is 0 Å². The Bertz CT molecular complexity index is 703. The van der Waals surface area contributed by atoms with Gasteiger partial charge in [-0.3, -0.25) is 5.10 Å². The first-order valence-corrected chi connectivity index (χ1v) is 7.50. The van der Waals surface area contributed by atoms with Crippen LogP contribution in [0.25, 0.3) is 10.9 Å². The SMILES string of the molecule is CCC(Nc1ccc2[nH]ncc2c1)c1ccc(Br)cc1. The van der Waals surface area contributed by atoms with E-state index >= 15 is 0 Å². The van der Waals surface area contributed by atoms with Gasteiger partial charge in [0.2, 0.25) is 0 Å². The van der Waals surface area contributed by atoms with E-state index in [1.54, 1.807) is 0 Å². The Hall–Kier alpha value is -1.81. The van der Waals surface area contributed by atoms with Gasteiger partial charge in [0, 0.05) is 15.5 Å². The van der Waals surface area contributed by atoms with E-state index in [0.717, 1.165) is 27.5 Å². The van der Waals surface area contributed by atoms with Gasteiger partial charge in [-0.1, -0.05) is 35.0 Å². The number of halogens is 1. The summed E-state index contributed by atoms with van der Waals surface area (Å²) in [6, 6.07) is 15.1. The Morgan fingerprint density at radius 2 is 2.00 bits per heavy atom. The van der Waals surface area contributed by atoms with Crippen LogP contribution < -0.4 is 5.32 Å². The van der Waals surface area contributed by atoms with Crippen molar-refractivity contribution in [2.45, 2.75) is 19.4 Å². The van der Waals surface area contributed by atoms with Crippen molar-refractivity contribution in [1.29, 1.82) is 0 Å². The smallest absolute Gasteiger partial charge is 0.0651 e. The first-order chi connectivity index (χ1) is 9.76. The maximum absolute atomic E-state index is 4.05. The zero-order chi connectivity index (χ0) is 13.9. The normalized spacial score (nSPS) is 12.5. The summed E-state index contributed by atoms with van der Waals surface area (Å²) in [5, 5.41) is 11.7. The molecule has 1 heterocycles. The van der Waals surface area contributed by atoms with Gasteiger partial charge < -0.3 is 5.32 Å². The molecule has 0 amide bonds. The molecule has 3 aromatic rings. The van der Waals surface area contributed by atoms with Crippen LogP contribution in [-0.4, -0.2) is 10.2 Å². The number of fused-ring (bicyclic) bond motifs is 1. The van der Waals surface area contributed by atoms with E-state index in [9.17, 15) is 0 Å². The summed E-state index contributed by atoms with van der Waals surface area (Å²) < 4.78 is 1.11. The third-order valence-corrected chi connectivity index (χ3v) is 3.99. The highest BCUT2D eigenvalue weighted by Crippen LogP contribution is 2.25. The second-order valence-corrected chi connectivity index (χ2v) is 5.74. The van der Waals surface area contributed by atoms with Crippen molar-refractivity contribution in [2.24, 2.45) is 0 Å². The van der Waals surface area contributed by atoms with Gasteiger partial charge in [-0.05, 0) is 42.3 Å². The van der Waals surface area contributed by atoms with E-state index in [1.807, 2.05) is 6.20 Å². The highest BCUT2D eigenvalue weighted by atomic mass is 79.9. The number of nitrogens with one attached hydrogen (secondary N) is 2. The monoisotopic (exact) mass is 329 g/mol. The molecule has 0 radical (unpaired) electrons. The number of rotatable bonds is 4.